The number of hydrogen-bond donors (Lipinski definition) is 3. The van der Waals surface area contributed by atoms with Crippen LogP contribution in [0, 0.1) is 0 Å². The quantitative estimate of drug-likeness (QED) is 0.737. The molecule has 6 heteroatoms. The summed E-state index contributed by atoms with van der Waals surface area (Å²) in [4.78, 5) is 26.3. The van der Waals surface area contributed by atoms with Crippen molar-refractivity contribution >= 4 is 11.8 Å². The van der Waals surface area contributed by atoms with Crippen LogP contribution in [0.15, 0.2) is 30.3 Å². The van der Waals surface area contributed by atoms with Gasteiger partial charge in [-0.25, -0.2) is 0 Å². The maximum absolute atomic E-state index is 13.0. The Balaban J connectivity index is 1.87. The number of phenols is 2. The Morgan fingerprint density at radius 3 is 2.36 bits per heavy atom. The van der Waals surface area contributed by atoms with Crippen molar-refractivity contribution in [2.24, 2.45) is 5.73 Å². The lowest BCUT2D eigenvalue weighted by atomic mass is 9.93. The van der Waals surface area contributed by atoms with Crippen LogP contribution in [0.3, 0.4) is 0 Å². The summed E-state index contributed by atoms with van der Waals surface area (Å²) in [6.45, 7) is 6.57. The number of fused-ring (bicyclic) bond motifs is 1. The number of amides is 2. The molecule has 1 aliphatic heterocycles. The van der Waals surface area contributed by atoms with Gasteiger partial charge >= 0.3 is 0 Å². The first-order valence-electron chi connectivity index (χ1n) is 9.49. The van der Waals surface area contributed by atoms with Crippen LogP contribution in [0.25, 0.3) is 0 Å². The molecule has 2 aromatic rings. The number of nitrogens with two attached hydrogens (primary N) is 1. The molecule has 0 spiro atoms. The van der Waals surface area contributed by atoms with E-state index in [2.05, 4.69) is 0 Å². The predicted octanol–water partition coefficient (Wildman–Crippen LogP) is 3.36. The van der Waals surface area contributed by atoms with Crippen LogP contribution in [0.5, 0.6) is 11.5 Å². The normalized spacial score (nSPS) is 14.2. The minimum absolute atomic E-state index is 0.0181. The highest BCUT2D eigenvalue weighted by molar-refractivity contribution is 5.97. The van der Waals surface area contributed by atoms with Crippen LogP contribution >= 0.6 is 0 Å². The van der Waals surface area contributed by atoms with Gasteiger partial charge in [-0.1, -0.05) is 39.0 Å². The van der Waals surface area contributed by atoms with Gasteiger partial charge in [0.2, 0.25) is 5.91 Å². The van der Waals surface area contributed by atoms with E-state index in [1.165, 1.54) is 6.07 Å². The average Bonchev–Trinajstić information content (AvgIpc) is 3.04. The monoisotopic (exact) mass is 382 g/mol. The van der Waals surface area contributed by atoms with Gasteiger partial charge in [-0.2, -0.15) is 0 Å². The molecule has 1 aliphatic rings. The van der Waals surface area contributed by atoms with Crippen LogP contribution < -0.4 is 5.73 Å². The first-order valence-corrected chi connectivity index (χ1v) is 9.49. The zero-order valence-electron chi connectivity index (χ0n) is 16.4. The van der Waals surface area contributed by atoms with E-state index in [9.17, 15) is 19.8 Å². The maximum Gasteiger partial charge on any atom is 0.258 e. The minimum atomic E-state index is -0.358. The summed E-state index contributed by atoms with van der Waals surface area (Å²) in [5.41, 5.74) is 9.14. The molecule has 3 rings (SSSR count). The molecule has 148 valence electrons. The molecule has 1 atom stereocenters. The first-order chi connectivity index (χ1) is 13.2. The fourth-order valence-corrected chi connectivity index (χ4v) is 3.77. The molecule has 4 N–H and O–H groups in total. The van der Waals surface area contributed by atoms with Crippen molar-refractivity contribution in [3.05, 3.63) is 58.1 Å². The smallest absolute Gasteiger partial charge is 0.258 e. The summed E-state index contributed by atoms with van der Waals surface area (Å²) in [5, 5.41) is 20.2. The van der Waals surface area contributed by atoms with E-state index in [4.69, 9.17) is 5.73 Å². The van der Waals surface area contributed by atoms with Crippen molar-refractivity contribution in [2.75, 3.05) is 0 Å². The summed E-state index contributed by atoms with van der Waals surface area (Å²) in [6, 6.07) is 8.55. The van der Waals surface area contributed by atoms with Crippen molar-refractivity contribution in [3.8, 4) is 11.5 Å². The third-order valence-electron chi connectivity index (χ3n) is 5.39. The van der Waals surface area contributed by atoms with Crippen LogP contribution in [0.2, 0.25) is 0 Å². The van der Waals surface area contributed by atoms with Gasteiger partial charge in [0.25, 0.3) is 5.91 Å². The lowest BCUT2D eigenvalue weighted by molar-refractivity contribution is -0.119. The van der Waals surface area contributed by atoms with Crippen LogP contribution in [-0.4, -0.2) is 26.9 Å². The largest absolute Gasteiger partial charge is 0.508 e. The maximum atomic E-state index is 13.0. The summed E-state index contributed by atoms with van der Waals surface area (Å²) < 4.78 is 0. The molecule has 2 amide bonds. The Bertz CT molecular complexity index is 936. The highest BCUT2D eigenvalue weighted by Crippen LogP contribution is 2.35. The van der Waals surface area contributed by atoms with E-state index in [0.717, 1.165) is 16.7 Å². The third-order valence-corrected chi connectivity index (χ3v) is 5.39. The Labute approximate surface area is 164 Å². The van der Waals surface area contributed by atoms with Gasteiger partial charge in [0, 0.05) is 19.2 Å². The zero-order chi connectivity index (χ0) is 20.6. The number of benzene rings is 2. The Hall–Kier alpha value is -3.02. The SMILES string of the molecule is CCC(C(N)=O)c1ccc2c(c1)CN(C(=O)c1cc(C(C)C)c(O)cc1O)C2. The molecule has 1 heterocycles. The molecule has 0 aliphatic carbocycles. The van der Waals surface area contributed by atoms with E-state index in [0.29, 0.717) is 25.1 Å². The Kier molecular flexibility index (Phi) is 5.31. The van der Waals surface area contributed by atoms with E-state index in [-0.39, 0.29) is 40.7 Å². The zero-order valence-corrected chi connectivity index (χ0v) is 16.4. The molecule has 0 radical (unpaired) electrons. The van der Waals surface area contributed by atoms with Gasteiger partial charge in [0.05, 0.1) is 11.5 Å². The van der Waals surface area contributed by atoms with E-state index < -0.39 is 0 Å². The number of carbonyl (C=O) groups is 2. The number of hydrogen-bond acceptors (Lipinski definition) is 4. The molecule has 28 heavy (non-hydrogen) atoms. The molecule has 0 aromatic heterocycles. The number of rotatable bonds is 5. The predicted molar refractivity (Wildman–Crippen MR) is 106 cm³/mol. The van der Waals surface area contributed by atoms with Gasteiger partial charge < -0.3 is 20.8 Å². The van der Waals surface area contributed by atoms with Gasteiger partial charge in [0.1, 0.15) is 11.5 Å². The van der Waals surface area contributed by atoms with Crippen LogP contribution in [0.4, 0.5) is 0 Å². The molecule has 0 saturated heterocycles. The summed E-state index contributed by atoms with van der Waals surface area (Å²) in [5.74, 6) is -1.23. The molecular weight excluding hydrogens is 356 g/mol. The lowest BCUT2D eigenvalue weighted by Gasteiger charge is -2.18. The number of carbonyl (C=O) groups excluding carboxylic acids is 2. The van der Waals surface area contributed by atoms with Crippen molar-refractivity contribution in [1.82, 2.24) is 4.90 Å². The standard InChI is InChI=1S/C22H26N2O4/c1-4-16(21(23)27)13-5-6-14-10-24(11-15(14)7-13)22(28)18-8-17(12(2)3)19(25)9-20(18)26/h5-9,12,16,25-26H,4,10-11H2,1-3H3,(H2,23,27). The second-order valence-electron chi connectivity index (χ2n) is 7.64. The van der Waals surface area contributed by atoms with Crippen molar-refractivity contribution in [3.63, 3.8) is 0 Å². The van der Waals surface area contributed by atoms with Gasteiger partial charge in [-0.15, -0.1) is 0 Å². The Morgan fingerprint density at radius 2 is 1.75 bits per heavy atom. The molecule has 1 unspecified atom stereocenters. The third kappa shape index (κ3) is 3.54. The van der Waals surface area contributed by atoms with Crippen LogP contribution in [0.1, 0.15) is 71.6 Å². The highest BCUT2D eigenvalue weighted by atomic mass is 16.3. The van der Waals surface area contributed by atoms with Gasteiger partial charge in [-0.3, -0.25) is 9.59 Å². The highest BCUT2D eigenvalue weighted by Gasteiger charge is 2.28. The molecule has 0 bridgehead atoms. The molecular formula is C22H26N2O4. The average molecular weight is 382 g/mol. The summed E-state index contributed by atoms with van der Waals surface area (Å²) >= 11 is 0. The van der Waals surface area contributed by atoms with Crippen molar-refractivity contribution in [2.45, 2.75) is 52.1 Å². The van der Waals surface area contributed by atoms with Crippen LogP contribution in [-0.2, 0) is 17.9 Å². The second-order valence-corrected chi connectivity index (χ2v) is 7.64. The fraction of sp³-hybridized carbons (Fsp3) is 0.364. The fourth-order valence-electron chi connectivity index (χ4n) is 3.77. The van der Waals surface area contributed by atoms with E-state index >= 15 is 0 Å². The van der Waals surface area contributed by atoms with Gasteiger partial charge in [-0.05, 0) is 40.7 Å². The number of nitrogens with zero attached hydrogens (tertiary/aromatic N) is 1. The first kappa shape index (κ1) is 19.7. The molecule has 2 aromatic carbocycles. The number of phenolic OH excluding ortho intramolecular Hbond substituents is 2. The summed E-state index contributed by atoms with van der Waals surface area (Å²) in [7, 11) is 0. The topological polar surface area (TPSA) is 104 Å². The second kappa shape index (κ2) is 7.54. The summed E-state index contributed by atoms with van der Waals surface area (Å²) in [6.07, 6.45) is 0.621. The molecule has 0 fully saturated rings. The van der Waals surface area contributed by atoms with E-state index in [1.54, 1.807) is 11.0 Å². The number of aromatic hydroxyl groups is 2. The van der Waals surface area contributed by atoms with Gasteiger partial charge in [0.15, 0.2) is 0 Å². The molecule has 0 saturated carbocycles. The Morgan fingerprint density at radius 1 is 1.07 bits per heavy atom. The molecule has 6 nitrogen and oxygen atoms in total. The van der Waals surface area contributed by atoms with Crippen molar-refractivity contribution < 1.29 is 19.8 Å². The minimum Gasteiger partial charge on any atom is -0.508 e. The number of primary amides is 1. The van der Waals surface area contributed by atoms with E-state index in [1.807, 2.05) is 39.0 Å². The lowest BCUT2D eigenvalue weighted by Crippen LogP contribution is -2.25. The van der Waals surface area contributed by atoms with Crippen molar-refractivity contribution in [1.29, 1.82) is 0 Å².